The average molecular weight is 918 g/mol. The Morgan fingerprint density at radius 1 is 0.955 bits per heavy atom. The maximum absolute atomic E-state index is 13.8. The number of carbonyl (C=O) groups is 2. The maximum Gasteiger partial charge on any atom is 0.508 e. The molecule has 66 heavy (non-hydrogen) atoms. The van der Waals surface area contributed by atoms with Crippen molar-refractivity contribution in [3.63, 3.8) is 0 Å². The van der Waals surface area contributed by atoms with E-state index in [-0.39, 0.29) is 48.9 Å². The third-order valence-electron chi connectivity index (χ3n) is 11.8. The van der Waals surface area contributed by atoms with Gasteiger partial charge in [0.2, 0.25) is 0 Å². The van der Waals surface area contributed by atoms with E-state index in [4.69, 9.17) is 35.5 Å². The first-order valence-corrected chi connectivity index (χ1v) is 24.5. The number of rotatable bonds is 14. The molecule has 2 saturated heterocycles. The molecule has 0 radical (unpaired) electrons. The average Bonchev–Trinajstić information content (AvgIpc) is 3.67. The van der Waals surface area contributed by atoms with Crippen LogP contribution in [-0.4, -0.2) is 103 Å². The Bertz CT molecular complexity index is 2440. The predicted molar refractivity (Wildman–Crippen MR) is 256 cm³/mol. The summed E-state index contributed by atoms with van der Waals surface area (Å²) in [5.41, 5.74) is 5.37. The van der Waals surface area contributed by atoms with Crippen molar-refractivity contribution in [2.24, 2.45) is 5.73 Å². The van der Waals surface area contributed by atoms with Crippen LogP contribution in [-0.2, 0) is 29.9 Å². The number of benzene rings is 3. The van der Waals surface area contributed by atoms with Gasteiger partial charge in [0, 0.05) is 50.4 Å². The van der Waals surface area contributed by atoms with Crippen molar-refractivity contribution < 1.29 is 33.0 Å². The van der Waals surface area contributed by atoms with Gasteiger partial charge in [-0.05, 0) is 73.1 Å². The van der Waals surface area contributed by atoms with Gasteiger partial charge in [-0.3, -0.25) is 19.2 Å². The molecule has 1 unspecified atom stereocenters. The molecule has 4 atom stereocenters. The summed E-state index contributed by atoms with van der Waals surface area (Å²) in [4.78, 5) is 59.3. The van der Waals surface area contributed by atoms with Crippen LogP contribution in [0.3, 0.4) is 0 Å². The molecule has 3 heterocycles. The molecule has 2 aliphatic heterocycles. The minimum Gasteiger partial charge on any atom is -0.444 e. The van der Waals surface area contributed by atoms with Gasteiger partial charge in [-0.25, -0.2) is 14.4 Å². The van der Waals surface area contributed by atoms with E-state index < -0.39 is 49.8 Å². The monoisotopic (exact) mass is 917 g/mol. The third-order valence-corrected chi connectivity index (χ3v) is 16.8. The number of ether oxygens (including phenoxy) is 4. The summed E-state index contributed by atoms with van der Waals surface area (Å²) in [5, 5.41) is 1.73. The number of H-pyrrole nitrogens is 1. The minimum absolute atomic E-state index is 0.00144. The van der Waals surface area contributed by atoms with Gasteiger partial charge in [-0.15, -0.1) is 6.42 Å². The van der Waals surface area contributed by atoms with E-state index in [0.717, 1.165) is 40.8 Å². The van der Waals surface area contributed by atoms with E-state index in [1.807, 2.05) is 86.3 Å². The van der Waals surface area contributed by atoms with Crippen LogP contribution < -0.4 is 27.4 Å². The number of amides is 1. The Morgan fingerprint density at radius 3 is 2.23 bits per heavy atom. The summed E-state index contributed by atoms with van der Waals surface area (Å²) < 4.78 is 32.7. The molecule has 0 bridgehead atoms. The van der Waals surface area contributed by atoms with Gasteiger partial charge in [0.05, 0.1) is 13.2 Å². The standard InChI is InChI=1S/C51H63N5O9Si/c1-8-37-24-26-38(27-25-37)33-54(35-40-19-15-16-29-55(40)48(59)65-50(2,3)4)30-31-61-49(60)64-43-32-45(56-34-39(18-17-28-52)46(57)53-47(56)58)63-44(43)36-62-66(51(5,6)7,41-20-11-9-12-21-41)42-22-13-10-14-23-42/h1,9-14,20-27,34,40,43-45H,15-16,19,28-33,35-36,52H2,2-7H3,(H,53,57,58)/t40?,43-,44+,45+/m0/s1. The van der Waals surface area contributed by atoms with Crippen LogP contribution in [0.25, 0.3) is 0 Å². The fourth-order valence-corrected chi connectivity index (χ4v) is 13.3. The number of terminal acetylenes is 1. The molecule has 0 aliphatic carbocycles. The lowest BCUT2D eigenvalue weighted by Gasteiger charge is -2.43. The van der Waals surface area contributed by atoms with Gasteiger partial charge in [-0.2, -0.15) is 0 Å². The number of hydrogen-bond donors (Lipinski definition) is 2. The van der Waals surface area contributed by atoms with E-state index in [0.29, 0.717) is 26.2 Å². The van der Waals surface area contributed by atoms with Gasteiger partial charge in [0.25, 0.3) is 13.9 Å². The summed E-state index contributed by atoms with van der Waals surface area (Å²) in [6.45, 7) is 14.0. The molecule has 0 saturated carbocycles. The molecule has 0 spiro atoms. The van der Waals surface area contributed by atoms with Crippen molar-refractivity contribution in [2.75, 3.05) is 39.4 Å². The fourth-order valence-electron chi connectivity index (χ4n) is 8.71. The molecule has 350 valence electrons. The van der Waals surface area contributed by atoms with Crippen LogP contribution in [0.2, 0.25) is 5.04 Å². The Hall–Kier alpha value is -5.94. The highest BCUT2D eigenvalue weighted by Crippen LogP contribution is 2.38. The Morgan fingerprint density at radius 2 is 1.62 bits per heavy atom. The summed E-state index contributed by atoms with van der Waals surface area (Å²) >= 11 is 0. The Balaban J connectivity index is 1.24. The van der Waals surface area contributed by atoms with Crippen molar-refractivity contribution in [3.8, 4) is 24.2 Å². The second-order valence-corrected chi connectivity index (χ2v) is 23.0. The summed E-state index contributed by atoms with van der Waals surface area (Å²) in [6, 6.07) is 27.8. The number of hydrogen-bond acceptors (Lipinski definition) is 11. The number of aromatic nitrogens is 2. The molecule has 3 aromatic carbocycles. The first-order chi connectivity index (χ1) is 31.5. The zero-order valence-electron chi connectivity index (χ0n) is 38.9. The number of nitrogens with two attached hydrogens (primary N) is 1. The molecule has 14 nitrogen and oxygen atoms in total. The van der Waals surface area contributed by atoms with Crippen molar-refractivity contribution in [1.29, 1.82) is 0 Å². The van der Waals surface area contributed by atoms with Crippen LogP contribution in [0.5, 0.6) is 0 Å². The molecule has 2 aliphatic rings. The smallest absolute Gasteiger partial charge is 0.444 e. The first-order valence-electron chi connectivity index (χ1n) is 22.6. The van der Waals surface area contributed by atoms with Gasteiger partial charge >= 0.3 is 17.9 Å². The lowest BCUT2D eigenvalue weighted by atomic mass is 10.0. The minimum atomic E-state index is -3.09. The first kappa shape index (κ1) is 49.5. The van der Waals surface area contributed by atoms with Crippen LogP contribution >= 0.6 is 0 Å². The SMILES string of the molecule is C#Cc1ccc(CN(CCOC(=O)O[C@H]2C[C@H](n3cc(C#CCN)c(=O)[nH]c3=O)O[C@@H]2CO[Si](c2ccccc2)(c2ccccc2)C(C)(C)C)CC2CCCCN2C(=O)OC(C)(C)C)cc1. The number of likely N-dealkylation sites (tertiary alicyclic amines) is 1. The van der Waals surface area contributed by atoms with E-state index in [9.17, 15) is 19.2 Å². The van der Waals surface area contributed by atoms with Crippen molar-refractivity contribution >= 4 is 30.9 Å². The van der Waals surface area contributed by atoms with Gasteiger partial charge in [0.15, 0.2) is 0 Å². The van der Waals surface area contributed by atoms with Crippen LogP contribution in [0, 0.1) is 24.2 Å². The zero-order chi connectivity index (χ0) is 47.5. The number of carbonyl (C=O) groups excluding carboxylic acids is 2. The van der Waals surface area contributed by atoms with E-state index in [1.54, 1.807) is 0 Å². The summed E-state index contributed by atoms with van der Waals surface area (Å²) in [5.74, 6) is 8.03. The van der Waals surface area contributed by atoms with Crippen LogP contribution in [0.1, 0.15) is 90.1 Å². The topological polar surface area (TPSA) is 168 Å². The Kier molecular flexibility index (Phi) is 16.5. The highest BCUT2D eigenvalue weighted by Gasteiger charge is 2.52. The van der Waals surface area contributed by atoms with E-state index in [2.05, 4.69) is 72.7 Å². The molecule has 1 amide bonds. The van der Waals surface area contributed by atoms with Gasteiger partial charge < -0.3 is 34.0 Å². The maximum atomic E-state index is 13.8. The van der Waals surface area contributed by atoms with Crippen molar-refractivity contribution in [3.05, 3.63) is 129 Å². The molecule has 6 rings (SSSR count). The van der Waals surface area contributed by atoms with E-state index >= 15 is 0 Å². The summed E-state index contributed by atoms with van der Waals surface area (Å²) in [7, 11) is -3.09. The summed E-state index contributed by atoms with van der Waals surface area (Å²) in [6.07, 6.45) is 5.65. The molecular formula is C51H63N5O9Si. The van der Waals surface area contributed by atoms with Gasteiger partial charge in [-0.1, -0.05) is 111 Å². The predicted octanol–water partition coefficient (Wildman–Crippen LogP) is 5.51. The largest absolute Gasteiger partial charge is 0.508 e. The number of aromatic amines is 1. The highest BCUT2D eigenvalue weighted by molar-refractivity contribution is 6.99. The molecule has 15 heteroatoms. The fraction of sp³-hybridized carbons (Fsp3) is 0.451. The van der Waals surface area contributed by atoms with Crippen LogP contribution in [0.15, 0.2) is 101 Å². The second kappa shape index (κ2) is 22.0. The number of nitrogens with one attached hydrogen (secondary N) is 1. The lowest BCUT2D eigenvalue weighted by Crippen LogP contribution is -2.67. The number of piperidine rings is 1. The number of nitrogens with zero attached hydrogens (tertiary/aromatic N) is 3. The normalized spacial score (nSPS) is 18.8. The molecule has 2 fully saturated rings. The van der Waals surface area contributed by atoms with Gasteiger partial charge in [0.1, 0.15) is 36.2 Å². The lowest BCUT2D eigenvalue weighted by molar-refractivity contribution is -0.0554. The molecule has 4 aromatic rings. The third kappa shape index (κ3) is 12.5. The molecule has 3 N–H and O–H groups in total. The highest BCUT2D eigenvalue weighted by atomic mass is 28.4. The zero-order valence-corrected chi connectivity index (χ0v) is 39.9. The quantitative estimate of drug-likeness (QED) is 0.0931. The molecular weight excluding hydrogens is 855 g/mol. The van der Waals surface area contributed by atoms with Crippen molar-refractivity contribution in [2.45, 2.75) is 109 Å². The molecule has 1 aromatic heterocycles. The second-order valence-electron chi connectivity index (χ2n) is 18.7. The van der Waals surface area contributed by atoms with Crippen LogP contribution in [0.4, 0.5) is 9.59 Å². The van der Waals surface area contributed by atoms with Crippen molar-refractivity contribution in [1.82, 2.24) is 19.4 Å². The van der Waals surface area contributed by atoms with E-state index in [1.165, 1.54) is 10.8 Å². The Labute approximate surface area is 388 Å².